The minimum Gasteiger partial charge on any atom is -0.352 e. The predicted molar refractivity (Wildman–Crippen MR) is 125 cm³/mol. The molecule has 0 saturated heterocycles. The van der Waals surface area contributed by atoms with Crippen LogP contribution in [0.2, 0.25) is 5.02 Å². The first-order valence-corrected chi connectivity index (χ1v) is 11.2. The summed E-state index contributed by atoms with van der Waals surface area (Å²) >= 11 is 8.32. The molecule has 30 heavy (non-hydrogen) atoms. The number of aromatic nitrogens is 2. The van der Waals surface area contributed by atoms with Crippen molar-refractivity contribution in [1.29, 1.82) is 0 Å². The Balaban J connectivity index is 1.37. The van der Waals surface area contributed by atoms with E-state index in [1.54, 1.807) is 28.9 Å². The number of hydrogen-bond donors (Lipinski definition) is 2. The normalized spacial score (nSPS) is 19.9. The zero-order valence-electron chi connectivity index (χ0n) is 16.7. The van der Waals surface area contributed by atoms with E-state index in [1.165, 1.54) is 0 Å². The van der Waals surface area contributed by atoms with E-state index in [2.05, 4.69) is 52.2 Å². The van der Waals surface area contributed by atoms with Gasteiger partial charge in [0.2, 0.25) is 0 Å². The number of fused-ring (bicyclic) bond motifs is 1. The zero-order chi connectivity index (χ0) is 21.5. The van der Waals surface area contributed by atoms with Crippen LogP contribution in [-0.4, -0.2) is 34.0 Å². The molecule has 156 valence electrons. The van der Waals surface area contributed by atoms with Crippen molar-refractivity contribution in [2.24, 2.45) is 11.3 Å². The van der Waals surface area contributed by atoms with E-state index in [0.717, 1.165) is 15.5 Å². The van der Waals surface area contributed by atoms with Crippen LogP contribution < -0.4 is 10.6 Å². The largest absolute Gasteiger partial charge is 0.352 e. The monoisotopic (exact) mass is 536 g/mol. The maximum Gasteiger partial charge on any atom is 0.253 e. The second kappa shape index (κ2) is 8.19. The smallest absolute Gasteiger partial charge is 0.253 e. The lowest BCUT2D eigenvalue weighted by Gasteiger charge is -2.52. The molecule has 1 aliphatic carbocycles. The van der Waals surface area contributed by atoms with Crippen molar-refractivity contribution in [3.8, 4) is 0 Å². The average molecular weight is 537 g/mol. The number of halogens is 2. The summed E-state index contributed by atoms with van der Waals surface area (Å²) in [5.74, 6) is -0.0133. The van der Waals surface area contributed by atoms with Crippen molar-refractivity contribution in [2.75, 3.05) is 6.54 Å². The second-order valence-electron chi connectivity index (χ2n) is 8.20. The molecule has 6 nitrogen and oxygen atoms in total. The summed E-state index contributed by atoms with van der Waals surface area (Å²) in [5.41, 5.74) is 1.74. The Morgan fingerprint density at radius 1 is 1.23 bits per heavy atom. The number of nitrogens with zero attached hydrogens (tertiary/aromatic N) is 2. The van der Waals surface area contributed by atoms with Crippen LogP contribution in [0.25, 0.3) is 5.52 Å². The van der Waals surface area contributed by atoms with Gasteiger partial charge in [-0.05, 0) is 76.7 Å². The van der Waals surface area contributed by atoms with Gasteiger partial charge in [-0.25, -0.2) is 4.52 Å². The van der Waals surface area contributed by atoms with Crippen LogP contribution in [-0.2, 0) is 0 Å². The van der Waals surface area contributed by atoms with Gasteiger partial charge in [0.25, 0.3) is 11.8 Å². The van der Waals surface area contributed by atoms with Gasteiger partial charge in [0.15, 0.2) is 0 Å². The van der Waals surface area contributed by atoms with Crippen LogP contribution in [0.3, 0.4) is 0 Å². The van der Waals surface area contributed by atoms with E-state index >= 15 is 0 Å². The third-order valence-electron chi connectivity index (χ3n) is 6.14. The Bertz CT molecular complexity index is 1130. The number of pyridine rings is 1. The highest BCUT2D eigenvalue weighted by atomic mass is 127. The maximum absolute atomic E-state index is 12.8. The molecule has 2 unspecified atom stereocenters. The number of hydrogen-bond acceptors (Lipinski definition) is 3. The number of nitrogens with one attached hydrogen (secondary N) is 2. The maximum atomic E-state index is 12.8. The summed E-state index contributed by atoms with van der Waals surface area (Å²) in [5, 5.41) is 10.8. The van der Waals surface area contributed by atoms with Gasteiger partial charge >= 0.3 is 0 Å². The minimum absolute atomic E-state index is 0.0383. The van der Waals surface area contributed by atoms with E-state index < -0.39 is 0 Å². The Kier molecular flexibility index (Phi) is 5.76. The lowest BCUT2D eigenvalue weighted by molar-refractivity contribution is 0.0150. The molecule has 3 aromatic rings. The van der Waals surface area contributed by atoms with E-state index in [-0.39, 0.29) is 29.2 Å². The third kappa shape index (κ3) is 3.92. The summed E-state index contributed by atoms with van der Waals surface area (Å²) in [7, 11) is 0. The molecule has 2 N–H and O–H groups in total. The molecule has 2 atom stereocenters. The molecule has 8 heteroatoms. The van der Waals surface area contributed by atoms with Crippen molar-refractivity contribution in [2.45, 2.75) is 26.3 Å². The number of amides is 2. The van der Waals surface area contributed by atoms with Gasteiger partial charge in [-0.1, -0.05) is 25.4 Å². The Hall–Kier alpha value is -2.13. The van der Waals surface area contributed by atoms with Gasteiger partial charge < -0.3 is 10.6 Å². The Morgan fingerprint density at radius 2 is 2.03 bits per heavy atom. The van der Waals surface area contributed by atoms with Gasteiger partial charge in [-0.15, -0.1) is 0 Å². The Morgan fingerprint density at radius 3 is 2.80 bits per heavy atom. The van der Waals surface area contributed by atoms with Gasteiger partial charge in [-0.2, -0.15) is 5.10 Å². The molecule has 0 spiro atoms. The summed E-state index contributed by atoms with van der Waals surface area (Å²) in [6.07, 6.45) is 4.30. The highest BCUT2D eigenvalue weighted by molar-refractivity contribution is 14.1. The molecule has 0 bridgehead atoms. The molecule has 4 rings (SSSR count). The number of carbonyl (C=O) groups excluding carboxylic acids is 2. The van der Waals surface area contributed by atoms with Crippen LogP contribution in [0.5, 0.6) is 0 Å². The molecule has 1 aromatic carbocycles. The molecule has 1 saturated carbocycles. The lowest BCUT2D eigenvalue weighted by Crippen LogP contribution is -2.60. The van der Waals surface area contributed by atoms with Crippen molar-refractivity contribution in [1.82, 2.24) is 20.2 Å². The lowest BCUT2D eigenvalue weighted by atomic mass is 9.58. The summed E-state index contributed by atoms with van der Waals surface area (Å²) < 4.78 is 2.65. The molecule has 0 aliphatic heterocycles. The fraction of sp³-hybridized carbons (Fsp3) is 0.318. The van der Waals surface area contributed by atoms with E-state index in [4.69, 9.17) is 11.6 Å². The molecule has 1 fully saturated rings. The molecule has 2 amide bonds. The standard InChI is InChI=1S/C22H22ClIN4O2/c1-22(2)13(12-25-20(29)16-11-14(24)5-6-17(16)23)10-19(22)27-21(30)15-4-3-9-28-18(15)7-8-26-28/h3-9,11,13,19H,10,12H2,1-2H3,(H,25,29)(H,27,30). The first kappa shape index (κ1) is 21.1. The van der Waals surface area contributed by atoms with Crippen LogP contribution >= 0.6 is 34.2 Å². The van der Waals surface area contributed by atoms with E-state index in [1.807, 2.05) is 24.4 Å². The van der Waals surface area contributed by atoms with Gasteiger partial charge in [0.1, 0.15) is 0 Å². The molecular formula is C22H22ClIN4O2. The molecular weight excluding hydrogens is 515 g/mol. The van der Waals surface area contributed by atoms with Gasteiger partial charge in [0.05, 0.1) is 27.9 Å². The first-order chi connectivity index (χ1) is 14.3. The van der Waals surface area contributed by atoms with Crippen molar-refractivity contribution in [3.63, 3.8) is 0 Å². The zero-order valence-corrected chi connectivity index (χ0v) is 19.6. The number of benzene rings is 1. The van der Waals surface area contributed by atoms with Crippen LogP contribution in [0.15, 0.2) is 48.8 Å². The van der Waals surface area contributed by atoms with Crippen LogP contribution in [0.1, 0.15) is 41.0 Å². The second-order valence-corrected chi connectivity index (χ2v) is 9.85. The summed E-state index contributed by atoms with van der Waals surface area (Å²) in [4.78, 5) is 25.4. The minimum atomic E-state index is -0.172. The van der Waals surface area contributed by atoms with E-state index in [9.17, 15) is 9.59 Å². The quantitative estimate of drug-likeness (QED) is 0.481. The SMILES string of the molecule is CC1(C)C(CNC(=O)c2cc(I)ccc2Cl)CC1NC(=O)c1cccn2nccc12. The molecule has 2 aromatic heterocycles. The topological polar surface area (TPSA) is 75.5 Å². The highest BCUT2D eigenvalue weighted by Crippen LogP contribution is 2.46. The molecule has 0 radical (unpaired) electrons. The van der Waals surface area contributed by atoms with Gasteiger partial charge in [0, 0.05) is 22.4 Å². The van der Waals surface area contributed by atoms with Gasteiger partial charge in [-0.3, -0.25) is 9.59 Å². The number of carbonyl (C=O) groups is 2. The summed E-state index contributed by atoms with van der Waals surface area (Å²) in [6.45, 7) is 4.78. The van der Waals surface area contributed by atoms with Crippen LogP contribution in [0.4, 0.5) is 0 Å². The van der Waals surface area contributed by atoms with E-state index in [0.29, 0.717) is 22.7 Å². The molecule has 1 aliphatic rings. The fourth-order valence-electron chi connectivity index (χ4n) is 3.97. The summed E-state index contributed by atoms with van der Waals surface area (Å²) in [6, 6.07) is 10.9. The Labute approximate surface area is 193 Å². The van der Waals surface area contributed by atoms with Crippen molar-refractivity contribution < 1.29 is 9.59 Å². The predicted octanol–water partition coefficient (Wildman–Crippen LogP) is 4.17. The third-order valence-corrected chi connectivity index (χ3v) is 7.14. The highest BCUT2D eigenvalue weighted by Gasteiger charge is 2.48. The van der Waals surface area contributed by atoms with Crippen molar-refractivity contribution >= 4 is 51.5 Å². The molecule has 2 heterocycles. The van der Waals surface area contributed by atoms with Crippen LogP contribution in [0, 0.1) is 14.9 Å². The average Bonchev–Trinajstić information content (AvgIpc) is 3.20. The van der Waals surface area contributed by atoms with Crippen molar-refractivity contribution in [3.05, 3.63) is 68.5 Å². The first-order valence-electron chi connectivity index (χ1n) is 9.74. The fourth-order valence-corrected chi connectivity index (χ4v) is 4.67. The number of rotatable bonds is 5.